The Morgan fingerprint density at radius 3 is 2.74 bits per heavy atom. The molecular formula is C23H31ClN6O. The van der Waals surface area contributed by atoms with E-state index >= 15 is 0 Å². The summed E-state index contributed by atoms with van der Waals surface area (Å²) < 4.78 is 5.22. The van der Waals surface area contributed by atoms with Gasteiger partial charge in [0.05, 0.1) is 29.8 Å². The number of aromatic nitrogens is 2. The summed E-state index contributed by atoms with van der Waals surface area (Å²) in [6.45, 7) is 3.46. The van der Waals surface area contributed by atoms with Crippen molar-refractivity contribution in [2.45, 2.75) is 57.2 Å². The Labute approximate surface area is 189 Å². The predicted octanol–water partition coefficient (Wildman–Crippen LogP) is 4.47. The van der Waals surface area contributed by atoms with Gasteiger partial charge in [-0.3, -0.25) is 0 Å². The van der Waals surface area contributed by atoms with Crippen LogP contribution in [0, 0.1) is 11.3 Å². The minimum atomic E-state index is 0.373. The third-order valence-electron chi connectivity index (χ3n) is 5.44. The number of ether oxygens (including phenoxy) is 1. The van der Waals surface area contributed by atoms with Crippen LogP contribution in [0.25, 0.3) is 11.3 Å². The van der Waals surface area contributed by atoms with E-state index in [0.717, 1.165) is 55.2 Å². The maximum absolute atomic E-state index is 8.70. The number of pyridine rings is 2. The molecular weight excluding hydrogens is 412 g/mol. The molecule has 7 nitrogen and oxygen atoms in total. The number of halogens is 1. The zero-order valence-electron chi connectivity index (χ0n) is 18.2. The highest BCUT2D eigenvalue weighted by Gasteiger charge is 2.22. The molecule has 0 saturated heterocycles. The molecule has 1 atom stereocenters. The van der Waals surface area contributed by atoms with Crippen LogP contribution in [-0.2, 0) is 4.74 Å². The number of hydrogen-bond acceptors (Lipinski definition) is 7. The molecule has 166 valence electrons. The van der Waals surface area contributed by atoms with Crippen molar-refractivity contribution in [2.24, 2.45) is 0 Å². The molecule has 2 aromatic heterocycles. The van der Waals surface area contributed by atoms with Gasteiger partial charge >= 0.3 is 0 Å². The smallest absolute Gasteiger partial charge is 0.126 e. The van der Waals surface area contributed by atoms with Crippen molar-refractivity contribution in [1.82, 2.24) is 15.3 Å². The lowest BCUT2D eigenvalue weighted by Gasteiger charge is -2.31. The van der Waals surface area contributed by atoms with Crippen molar-refractivity contribution < 1.29 is 4.74 Å². The van der Waals surface area contributed by atoms with Gasteiger partial charge in [-0.25, -0.2) is 9.97 Å². The van der Waals surface area contributed by atoms with E-state index in [0.29, 0.717) is 36.1 Å². The molecule has 1 aliphatic carbocycles. The zero-order chi connectivity index (χ0) is 22.1. The van der Waals surface area contributed by atoms with Crippen molar-refractivity contribution >= 4 is 23.2 Å². The lowest BCUT2D eigenvalue weighted by atomic mass is 9.90. The minimum absolute atomic E-state index is 0.373. The monoisotopic (exact) mass is 442 g/mol. The number of nitrogens with one attached hydrogen (secondary N) is 3. The van der Waals surface area contributed by atoms with Crippen molar-refractivity contribution in [2.75, 3.05) is 30.9 Å². The Bertz CT molecular complexity index is 879. The van der Waals surface area contributed by atoms with E-state index < -0.39 is 0 Å². The first-order valence-electron chi connectivity index (χ1n) is 10.8. The Hall–Kier alpha value is -2.40. The Morgan fingerprint density at radius 1 is 1.23 bits per heavy atom. The molecule has 8 heteroatoms. The van der Waals surface area contributed by atoms with Crippen molar-refractivity contribution in [3.05, 3.63) is 35.5 Å². The number of methoxy groups -OCH3 is 1. The summed E-state index contributed by atoms with van der Waals surface area (Å²) in [5.41, 5.74) is 1.62. The van der Waals surface area contributed by atoms with Crippen LogP contribution < -0.4 is 16.0 Å². The van der Waals surface area contributed by atoms with Gasteiger partial charge in [0, 0.05) is 43.5 Å². The highest BCUT2D eigenvalue weighted by Crippen LogP contribution is 2.30. The minimum Gasteiger partial charge on any atom is -0.383 e. The van der Waals surface area contributed by atoms with E-state index in [9.17, 15) is 0 Å². The van der Waals surface area contributed by atoms with E-state index in [1.165, 1.54) is 0 Å². The highest BCUT2D eigenvalue weighted by molar-refractivity contribution is 6.33. The second kappa shape index (κ2) is 11.8. The first-order valence-corrected chi connectivity index (χ1v) is 11.2. The molecule has 0 aromatic carbocycles. The maximum Gasteiger partial charge on any atom is 0.126 e. The molecule has 1 saturated carbocycles. The van der Waals surface area contributed by atoms with Gasteiger partial charge in [-0.05, 0) is 50.8 Å². The number of anilines is 2. The summed E-state index contributed by atoms with van der Waals surface area (Å²) >= 11 is 6.43. The van der Waals surface area contributed by atoms with Crippen molar-refractivity contribution in [3.8, 4) is 17.3 Å². The molecule has 0 radical (unpaired) electrons. The first-order chi connectivity index (χ1) is 15.1. The molecule has 0 spiro atoms. The van der Waals surface area contributed by atoms with E-state index in [2.05, 4.69) is 38.9 Å². The third-order valence-corrected chi connectivity index (χ3v) is 5.74. The number of nitriles is 1. The van der Waals surface area contributed by atoms with Gasteiger partial charge in [-0.1, -0.05) is 17.7 Å². The van der Waals surface area contributed by atoms with Gasteiger partial charge in [0.2, 0.25) is 0 Å². The normalized spacial score (nSPS) is 19.4. The quantitative estimate of drug-likeness (QED) is 0.467. The van der Waals surface area contributed by atoms with Gasteiger partial charge in [-0.2, -0.15) is 5.26 Å². The zero-order valence-corrected chi connectivity index (χ0v) is 19.0. The maximum atomic E-state index is 8.70. The molecule has 0 amide bonds. The van der Waals surface area contributed by atoms with Crippen LogP contribution in [0.15, 0.2) is 30.5 Å². The lowest BCUT2D eigenvalue weighted by molar-refractivity contribution is 0.161. The average molecular weight is 443 g/mol. The van der Waals surface area contributed by atoms with Crippen LogP contribution in [0.2, 0.25) is 5.02 Å². The van der Waals surface area contributed by atoms with Crippen molar-refractivity contribution in [1.29, 1.82) is 5.26 Å². The van der Waals surface area contributed by atoms with E-state index in [4.69, 9.17) is 21.6 Å². The number of rotatable bonds is 10. The van der Waals surface area contributed by atoms with Crippen LogP contribution in [0.3, 0.4) is 0 Å². The standard InChI is InChI=1S/C23H31ClN6O/c1-16(15-31-2)28-17-7-9-18(10-8-17)29-23-13-19(20(24)14-27-23)21-5-3-6-22(30-21)26-12-4-11-25/h3,5-6,13-14,16-18,28H,4,7-10,12,15H2,1-2H3,(H,26,30)(H,27,29)/t16-,17-,18-/m1/s1. The third kappa shape index (κ3) is 7.06. The predicted molar refractivity (Wildman–Crippen MR) is 125 cm³/mol. The average Bonchev–Trinajstić information content (AvgIpc) is 2.77. The molecule has 1 fully saturated rings. The van der Waals surface area contributed by atoms with Crippen LogP contribution in [0.5, 0.6) is 0 Å². The summed E-state index contributed by atoms with van der Waals surface area (Å²) in [7, 11) is 1.74. The SMILES string of the molecule is COC[C@@H](C)N[C@H]1CC[C@H](Nc2cc(-c3cccc(NCCC#N)n3)c(Cl)cn2)CC1. The summed E-state index contributed by atoms with van der Waals surface area (Å²) in [6, 6.07) is 11.1. The largest absolute Gasteiger partial charge is 0.383 e. The molecule has 2 heterocycles. The van der Waals surface area contributed by atoms with Gasteiger partial charge in [-0.15, -0.1) is 0 Å². The fraction of sp³-hybridized carbons (Fsp3) is 0.522. The molecule has 3 N–H and O–H groups in total. The van der Waals surface area contributed by atoms with Crippen molar-refractivity contribution in [3.63, 3.8) is 0 Å². The topological polar surface area (TPSA) is 94.9 Å². The number of nitrogens with zero attached hydrogens (tertiary/aromatic N) is 3. The fourth-order valence-corrected chi connectivity index (χ4v) is 4.16. The molecule has 0 bridgehead atoms. The molecule has 2 aromatic rings. The Morgan fingerprint density at radius 2 is 2.00 bits per heavy atom. The Balaban J connectivity index is 1.61. The molecule has 0 aliphatic heterocycles. The summed E-state index contributed by atoms with van der Waals surface area (Å²) in [4.78, 5) is 9.12. The molecule has 1 aliphatic rings. The van der Waals surface area contributed by atoms with Crippen LogP contribution >= 0.6 is 11.6 Å². The first kappa shape index (κ1) is 23.3. The van der Waals surface area contributed by atoms with Gasteiger partial charge in [0.15, 0.2) is 0 Å². The van der Waals surface area contributed by atoms with Gasteiger partial charge in [0.1, 0.15) is 11.6 Å². The van der Waals surface area contributed by atoms with Gasteiger partial charge < -0.3 is 20.7 Å². The van der Waals surface area contributed by atoms with Crippen LogP contribution in [0.1, 0.15) is 39.0 Å². The second-order valence-electron chi connectivity index (χ2n) is 8.01. The van der Waals surface area contributed by atoms with E-state index in [-0.39, 0.29) is 0 Å². The van der Waals surface area contributed by atoms with Crippen LogP contribution in [-0.4, -0.2) is 48.4 Å². The lowest BCUT2D eigenvalue weighted by Crippen LogP contribution is -2.42. The van der Waals surface area contributed by atoms with Gasteiger partial charge in [0.25, 0.3) is 0 Å². The summed E-state index contributed by atoms with van der Waals surface area (Å²) in [6.07, 6.45) is 6.55. The number of hydrogen-bond donors (Lipinski definition) is 3. The second-order valence-corrected chi connectivity index (χ2v) is 8.42. The Kier molecular flexibility index (Phi) is 8.89. The van der Waals surface area contributed by atoms with E-state index in [1.54, 1.807) is 13.3 Å². The molecule has 3 rings (SSSR count). The fourth-order valence-electron chi connectivity index (χ4n) is 3.96. The summed E-state index contributed by atoms with van der Waals surface area (Å²) in [5, 5.41) is 19.6. The van der Waals surface area contributed by atoms with E-state index in [1.807, 2.05) is 24.3 Å². The summed E-state index contributed by atoms with van der Waals surface area (Å²) in [5.74, 6) is 1.54. The van der Waals surface area contributed by atoms with Crippen LogP contribution in [0.4, 0.5) is 11.6 Å². The molecule has 31 heavy (non-hydrogen) atoms. The molecule has 0 unspecified atom stereocenters. The highest BCUT2D eigenvalue weighted by atomic mass is 35.5.